The third-order valence-electron chi connectivity index (χ3n) is 1.65. The lowest BCUT2D eigenvalue weighted by molar-refractivity contribution is -0.123. The molecule has 0 unspecified atom stereocenters. The molecule has 0 aliphatic heterocycles. The van der Waals surface area contributed by atoms with Crippen molar-refractivity contribution in [3.05, 3.63) is 0 Å². The van der Waals surface area contributed by atoms with Crippen LogP contribution in [0.2, 0.25) is 0 Å². The van der Waals surface area contributed by atoms with Crippen LogP contribution in [0.5, 0.6) is 0 Å². The van der Waals surface area contributed by atoms with Crippen LogP contribution >= 0.6 is 11.8 Å². The van der Waals surface area contributed by atoms with E-state index in [9.17, 15) is 4.79 Å². The highest BCUT2D eigenvalue weighted by Gasteiger charge is 2.30. The molecule has 0 rings (SSSR count). The van der Waals surface area contributed by atoms with Crippen LogP contribution in [0.3, 0.4) is 0 Å². The summed E-state index contributed by atoms with van der Waals surface area (Å²) in [5.41, 5.74) is 0. The van der Waals surface area contributed by atoms with Crippen molar-refractivity contribution in [2.24, 2.45) is 5.92 Å². The first kappa shape index (κ1) is 12.0. The molecule has 12 heavy (non-hydrogen) atoms. The van der Waals surface area contributed by atoms with Crippen LogP contribution in [0.15, 0.2) is 0 Å². The molecule has 0 saturated carbocycles. The highest BCUT2D eigenvalue weighted by atomic mass is 32.2. The summed E-state index contributed by atoms with van der Waals surface area (Å²) >= 11 is 1.74. The summed E-state index contributed by atoms with van der Waals surface area (Å²) in [6.45, 7) is 12.2. The molecule has 0 saturated heterocycles. The van der Waals surface area contributed by atoms with E-state index in [-0.39, 0.29) is 10.7 Å². The molecule has 0 aliphatic carbocycles. The van der Waals surface area contributed by atoms with E-state index in [0.717, 1.165) is 0 Å². The van der Waals surface area contributed by atoms with Crippen molar-refractivity contribution in [2.75, 3.05) is 0 Å². The zero-order valence-electron chi connectivity index (χ0n) is 8.97. The summed E-state index contributed by atoms with van der Waals surface area (Å²) < 4.78 is -0.220. The van der Waals surface area contributed by atoms with Gasteiger partial charge in [-0.1, -0.05) is 27.7 Å². The lowest BCUT2D eigenvalue weighted by Gasteiger charge is -2.26. The highest BCUT2D eigenvalue weighted by molar-refractivity contribution is 8.01. The van der Waals surface area contributed by atoms with Gasteiger partial charge in [0.2, 0.25) is 0 Å². The third kappa shape index (κ3) is 3.61. The van der Waals surface area contributed by atoms with Crippen LogP contribution in [-0.4, -0.2) is 15.8 Å². The summed E-state index contributed by atoms with van der Waals surface area (Å²) in [6, 6.07) is 0. The van der Waals surface area contributed by atoms with E-state index in [2.05, 4.69) is 13.8 Å². The van der Waals surface area contributed by atoms with E-state index in [1.54, 1.807) is 11.8 Å². The average molecular weight is 188 g/mol. The topological polar surface area (TPSA) is 17.1 Å². The van der Waals surface area contributed by atoms with E-state index in [1.165, 1.54) is 0 Å². The maximum absolute atomic E-state index is 11.7. The minimum atomic E-state index is -0.220. The first-order chi connectivity index (χ1) is 5.27. The second-order valence-electron chi connectivity index (χ2n) is 4.20. The maximum Gasteiger partial charge on any atom is 0.150 e. The predicted octanol–water partition coefficient (Wildman–Crippen LogP) is 3.13. The van der Waals surface area contributed by atoms with Crippen molar-refractivity contribution in [3.8, 4) is 0 Å². The number of carbonyl (C=O) groups excluding carboxylic acids is 1. The first-order valence-electron chi connectivity index (χ1n) is 4.49. The lowest BCUT2D eigenvalue weighted by atomic mass is 9.98. The van der Waals surface area contributed by atoms with Gasteiger partial charge in [0.15, 0.2) is 5.78 Å². The first-order valence-corrected chi connectivity index (χ1v) is 5.37. The number of thioether (sulfide) groups is 1. The standard InChI is InChI=1S/C10H20OS/c1-7(2)9(11)10(5,6)12-8(3)4/h7-8H,1-6H3. The quantitative estimate of drug-likeness (QED) is 0.674. The minimum absolute atomic E-state index is 0.145. The smallest absolute Gasteiger partial charge is 0.150 e. The van der Waals surface area contributed by atoms with Crippen molar-refractivity contribution in [2.45, 2.75) is 51.5 Å². The third-order valence-corrected chi connectivity index (χ3v) is 2.91. The predicted molar refractivity (Wildman–Crippen MR) is 56.7 cm³/mol. The number of carbonyl (C=O) groups is 1. The Morgan fingerprint density at radius 1 is 1.17 bits per heavy atom. The van der Waals surface area contributed by atoms with Crippen LogP contribution < -0.4 is 0 Å². The normalized spacial score (nSPS) is 12.7. The van der Waals surface area contributed by atoms with E-state index in [1.807, 2.05) is 27.7 Å². The molecule has 0 aromatic carbocycles. The van der Waals surface area contributed by atoms with Crippen molar-refractivity contribution in [1.82, 2.24) is 0 Å². The van der Waals surface area contributed by atoms with Gasteiger partial charge in [-0.25, -0.2) is 0 Å². The van der Waals surface area contributed by atoms with Gasteiger partial charge < -0.3 is 0 Å². The average Bonchev–Trinajstić information content (AvgIpc) is 1.82. The molecule has 1 nitrogen and oxygen atoms in total. The minimum Gasteiger partial charge on any atom is -0.298 e. The van der Waals surface area contributed by atoms with E-state index in [4.69, 9.17) is 0 Å². The molecule has 0 atom stereocenters. The Morgan fingerprint density at radius 2 is 1.58 bits per heavy atom. The Hall–Kier alpha value is 0.0200. The Bertz CT molecular complexity index is 159. The van der Waals surface area contributed by atoms with Crippen LogP contribution in [0.4, 0.5) is 0 Å². The summed E-state index contributed by atoms with van der Waals surface area (Å²) in [7, 11) is 0. The van der Waals surface area contributed by atoms with Gasteiger partial charge in [0, 0.05) is 11.2 Å². The fourth-order valence-electron chi connectivity index (χ4n) is 1.34. The summed E-state index contributed by atoms with van der Waals surface area (Å²) in [6.07, 6.45) is 0. The number of hydrogen-bond donors (Lipinski definition) is 0. The SMILES string of the molecule is CC(C)SC(C)(C)C(=O)C(C)C. The van der Waals surface area contributed by atoms with E-state index >= 15 is 0 Å². The van der Waals surface area contributed by atoms with Gasteiger partial charge in [0.25, 0.3) is 0 Å². The Labute approximate surface area is 80.3 Å². The Kier molecular flexibility index (Phi) is 4.32. The van der Waals surface area contributed by atoms with Crippen LogP contribution in [-0.2, 0) is 4.79 Å². The summed E-state index contributed by atoms with van der Waals surface area (Å²) in [4.78, 5) is 11.7. The molecule has 2 heteroatoms. The number of Topliss-reactive ketones (excluding diaryl/α,β-unsaturated/α-hetero) is 1. The molecule has 0 aliphatic rings. The largest absolute Gasteiger partial charge is 0.298 e. The van der Waals surface area contributed by atoms with Gasteiger partial charge >= 0.3 is 0 Å². The number of hydrogen-bond acceptors (Lipinski definition) is 2. The zero-order valence-corrected chi connectivity index (χ0v) is 9.79. The molecule has 72 valence electrons. The second kappa shape index (κ2) is 4.31. The second-order valence-corrected chi connectivity index (χ2v) is 6.39. The molecule has 0 heterocycles. The van der Waals surface area contributed by atoms with Crippen molar-refractivity contribution < 1.29 is 4.79 Å². The van der Waals surface area contributed by atoms with Crippen molar-refractivity contribution in [3.63, 3.8) is 0 Å². The lowest BCUT2D eigenvalue weighted by Crippen LogP contribution is -2.33. The molecular weight excluding hydrogens is 168 g/mol. The van der Waals surface area contributed by atoms with Crippen LogP contribution in [0.1, 0.15) is 41.5 Å². The maximum atomic E-state index is 11.7. The molecule has 0 aromatic heterocycles. The van der Waals surface area contributed by atoms with Crippen molar-refractivity contribution >= 4 is 17.5 Å². The molecule has 0 amide bonds. The molecular formula is C10H20OS. The number of rotatable bonds is 4. The molecule has 0 fully saturated rings. The Morgan fingerprint density at radius 3 is 1.83 bits per heavy atom. The highest BCUT2D eigenvalue weighted by Crippen LogP contribution is 2.31. The summed E-state index contributed by atoms with van der Waals surface area (Å²) in [5, 5.41) is 0.516. The molecule has 0 aromatic rings. The van der Waals surface area contributed by atoms with Gasteiger partial charge in [-0.15, -0.1) is 11.8 Å². The fourth-order valence-corrected chi connectivity index (χ4v) is 2.87. The van der Waals surface area contributed by atoms with Crippen molar-refractivity contribution in [1.29, 1.82) is 0 Å². The van der Waals surface area contributed by atoms with Gasteiger partial charge in [-0.3, -0.25) is 4.79 Å². The van der Waals surface area contributed by atoms with Gasteiger partial charge in [0.05, 0.1) is 4.75 Å². The molecule has 0 radical (unpaired) electrons. The van der Waals surface area contributed by atoms with Crippen LogP contribution in [0.25, 0.3) is 0 Å². The monoisotopic (exact) mass is 188 g/mol. The van der Waals surface area contributed by atoms with Gasteiger partial charge in [0.1, 0.15) is 0 Å². The molecule has 0 N–H and O–H groups in total. The Balaban J connectivity index is 4.29. The molecule has 0 bridgehead atoms. The van der Waals surface area contributed by atoms with Gasteiger partial charge in [-0.05, 0) is 13.8 Å². The molecule has 0 spiro atoms. The summed E-state index contributed by atoms with van der Waals surface area (Å²) in [5.74, 6) is 0.493. The van der Waals surface area contributed by atoms with E-state index in [0.29, 0.717) is 11.0 Å². The van der Waals surface area contributed by atoms with E-state index < -0.39 is 0 Å². The number of ketones is 1. The fraction of sp³-hybridized carbons (Fsp3) is 0.900. The zero-order chi connectivity index (χ0) is 9.94. The van der Waals surface area contributed by atoms with Crippen LogP contribution in [0, 0.1) is 5.92 Å². The van der Waals surface area contributed by atoms with Gasteiger partial charge in [-0.2, -0.15) is 0 Å².